The van der Waals surface area contributed by atoms with Crippen LogP contribution in [0.5, 0.6) is 0 Å². The van der Waals surface area contributed by atoms with E-state index in [9.17, 15) is 8.42 Å². The molecule has 1 aliphatic heterocycles. The van der Waals surface area contributed by atoms with E-state index >= 15 is 0 Å². The molecule has 0 unspecified atom stereocenters. The summed E-state index contributed by atoms with van der Waals surface area (Å²) < 4.78 is 27.8. The maximum Gasteiger partial charge on any atom is 0.253 e. The molecule has 2 atom stereocenters. The van der Waals surface area contributed by atoms with E-state index in [2.05, 4.69) is 5.32 Å². The van der Waals surface area contributed by atoms with Crippen molar-refractivity contribution < 1.29 is 8.42 Å². The van der Waals surface area contributed by atoms with Crippen molar-refractivity contribution in [2.75, 3.05) is 13.6 Å². The number of sulfonamides is 1. The van der Waals surface area contributed by atoms with Crippen LogP contribution in [0.4, 0.5) is 0 Å². The number of rotatable bonds is 5. The second-order valence-corrected chi connectivity index (χ2v) is 8.78. The highest BCUT2D eigenvalue weighted by Crippen LogP contribution is 2.32. The van der Waals surface area contributed by atoms with Crippen LogP contribution in [0, 0.1) is 0 Å². The van der Waals surface area contributed by atoms with E-state index in [0.717, 1.165) is 37.1 Å². The number of thiophene rings is 1. The Morgan fingerprint density at radius 1 is 1.30 bits per heavy atom. The third-order valence-corrected chi connectivity index (χ3v) is 7.64. The van der Waals surface area contributed by atoms with Gasteiger partial charge in [0.15, 0.2) is 0 Å². The molecule has 2 heterocycles. The molecule has 0 aromatic carbocycles. The molecule has 1 aromatic rings. The quantitative estimate of drug-likeness (QED) is 0.908. The van der Waals surface area contributed by atoms with Gasteiger partial charge in [0, 0.05) is 17.0 Å². The Labute approximate surface area is 126 Å². The summed E-state index contributed by atoms with van der Waals surface area (Å²) in [7, 11) is -1.43. The van der Waals surface area contributed by atoms with E-state index in [0.29, 0.717) is 4.21 Å². The molecule has 1 N–H and O–H groups in total. The van der Waals surface area contributed by atoms with Crippen LogP contribution in [-0.2, 0) is 16.4 Å². The first kappa shape index (κ1) is 15.9. The minimum atomic E-state index is -3.33. The first-order chi connectivity index (χ1) is 9.46. The molecule has 20 heavy (non-hydrogen) atoms. The Morgan fingerprint density at radius 3 is 2.55 bits per heavy atom. The molecule has 0 aliphatic carbocycles. The van der Waals surface area contributed by atoms with E-state index in [4.69, 9.17) is 0 Å². The Hall–Kier alpha value is -0.430. The zero-order chi connectivity index (χ0) is 14.8. The van der Waals surface area contributed by atoms with Crippen LogP contribution in [0.3, 0.4) is 0 Å². The van der Waals surface area contributed by atoms with Crippen LogP contribution < -0.4 is 5.32 Å². The van der Waals surface area contributed by atoms with Crippen molar-refractivity contribution in [1.29, 1.82) is 0 Å². The lowest BCUT2D eigenvalue weighted by molar-refractivity contribution is 0.204. The highest BCUT2D eigenvalue weighted by molar-refractivity contribution is 7.91. The molecule has 0 saturated carbocycles. The fourth-order valence-electron chi connectivity index (χ4n) is 2.85. The van der Waals surface area contributed by atoms with Gasteiger partial charge in [-0.05, 0) is 58.8 Å². The molecule has 0 spiro atoms. The first-order valence-electron chi connectivity index (χ1n) is 7.23. The smallest absolute Gasteiger partial charge is 0.253 e. The van der Waals surface area contributed by atoms with E-state index < -0.39 is 10.0 Å². The van der Waals surface area contributed by atoms with E-state index in [1.165, 1.54) is 11.3 Å². The highest BCUT2D eigenvalue weighted by atomic mass is 32.2. The van der Waals surface area contributed by atoms with E-state index in [-0.39, 0.29) is 12.1 Å². The molecular weight excluding hydrogens is 292 g/mol. The van der Waals surface area contributed by atoms with Crippen molar-refractivity contribution in [3.63, 3.8) is 0 Å². The second kappa shape index (κ2) is 6.56. The van der Waals surface area contributed by atoms with Crippen molar-refractivity contribution >= 4 is 21.4 Å². The highest BCUT2D eigenvalue weighted by Gasteiger charge is 2.36. The predicted molar refractivity (Wildman–Crippen MR) is 83.7 cm³/mol. The summed E-state index contributed by atoms with van der Waals surface area (Å²) in [5, 5.41) is 3.09. The lowest BCUT2D eigenvalue weighted by atomic mass is 10.0. The second-order valence-electron chi connectivity index (χ2n) is 5.54. The molecule has 0 bridgehead atoms. The van der Waals surface area contributed by atoms with E-state index in [1.54, 1.807) is 10.4 Å². The number of piperidine rings is 1. The number of hydrogen-bond acceptors (Lipinski definition) is 4. The standard InChI is InChI=1S/C14H24N2O2S2/c1-11-5-4-6-12(2)16(11)20(17,18)14-8-7-13(19-14)9-10-15-3/h7-8,11-12,15H,4-6,9-10H2,1-3H3/t11-,12+. The number of nitrogens with one attached hydrogen (secondary N) is 1. The summed E-state index contributed by atoms with van der Waals surface area (Å²) >= 11 is 1.41. The maximum atomic E-state index is 12.8. The SMILES string of the molecule is CNCCc1ccc(S(=O)(=O)N2[C@H](C)CCC[C@@H]2C)s1. The van der Waals surface area contributed by atoms with Crippen LogP contribution in [0.1, 0.15) is 38.0 Å². The van der Waals surface area contributed by atoms with Gasteiger partial charge in [0.05, 0.1) is 0 Å². The van der Waals surface area contributed by atoms with Gasteiger partial charge in [0.1, 0.15) is 4.21 Å². The molecule has 1 fully saturated rings. The van der Waals surface area contributed by atoms with E-state index in [1.807, 2.05) is 27.0 Å². The molecule has 0 radical (unpaired) electrons. The lowest BCUT2D eigenvalue weighted by Crippen LogP contribution is -2.47. The van der Waals surface area contributed by atoms with Gasteiger partial charge in [0.2, 0.25) is 0 Å². The monoisotopic (exact) mass is 316 g/mol. The van der Waals surface area contributed by atoms with Crippen LogP contribution in [0.15, 0.2) is 16.3 Å². The van der Waals surface area contributed by atoms with Gasteiger partial charge in [-0.2, -0.15) is 4.31 Å². The van der Waals surface area contributed by atoms with Gasteiger partial charge in [-0.15, -0.1) is 11.3 Å². The zero-order valence-corrected chi connectivity index (χ0v) is 14.1. The predicted octanol–water partition coefficient (Wildman–Crippen LogP) is 2.46. The molecule has 6 heteroatoms. The largest absolute Gasteiger partial charge is 0.319 e. The molecule has 4 nitrogen and oxygen atoms in total. The van der Waals surface area contributed by atoms with Crippen molar-refractivity contribution in [3.05, 3.63) is 17.0 Å². The molecule has 114 valence electrons. The fraction of sp³-hybridized carbons (Fsp3) is 0.714. The maximum absolute atomic E-state index is 12.8. The molecule has 0 amide bonds. The third kappa shape index (κ3) is 3.24. The summed E-state index contributed by atoms with van der Waals surface area (Å²) in [6, 6.07) is 3.91. The van der Waals surface area contributed by atoms with Gasteiger partial charge < -0.3 is 5.32 Å². The Balaban J connectivity index is 2.22. The minimum absolute atomic E-state index is 0.103. The van der Waals surface area contributed by atoms with Crippen LogP contribution in [-0.4, -0.2) is 38.4 Å². The van der Waals surface area contributed by atoms with Crippen LogP contribution >= 0.6 is 11.3 Å². The normalized spacial score (nSPS) is 24.9. The third-order valence-electron chi connectivity index (χ3n) is 3.90. The number of likely N-dealkylation sites (N-methyl/N-ethyl adjacent to an activating group) is 1. The van der Waals surface area contributed by atoms with Crippen molar-refractivity contribution in [2.24, 2.45) is 0 Å². The summed E-state index contributed by atoms with van der Waals surface area (Å²) in [6.45, 7) is 4.90. The van der Waals surface area contributed by atoms with Crippen molar-refractivity contribution in [3.8, 4) is 0 Å². The fourth-order valence-corrected chi connectivity index (χ4v) is 6.20. The lowest BCUT2D eigenvalue weighted by Gasteiger charge is -2.37. The van der Waals surface area contributed by atoms with Gasteiger partial charge in [-0.25, -0.2) is 8.42 Å². The van der Waals surface area contributed by atoms with Crippen LogP contribution in [0.2, 0.25) is 0 Å². The van der Waals surface area contributed by atoms with Gasteiger partial charge >= 0.3 is 0 Å². The van der Waals surface area contributed by atoms with Crippen molar-refractivity contribution in [2.45, 2.75) is 55.8 Å². The minimum Gasteiger partial charge on any atom is -0.319 e. The average Bonchev–Trinajstić information content (AvgIpc) is 2.85. The molecule has 2 rings (SSSR count). The van der Waals surface area contributed by atoms with Crippen molar-refractivity contribution in [1.82, 2.24) is 9.62 Å². The molecule has 1 aromatic heterocycles. The van der Waals surface area contributed by atoms with Gasteiger partial charge in [-0.3, -0.25) is 0 Å². The summed E-state index contributed by atoms with van der Waals surface area (Å²) in [5.74, 6) is 0. The van der Waals surface area contributed by atoms with Gasteiger partial charge in [0.25, 0.3) is 10.0 Å². The molecule has 1 saturated heterocycles. The average molecular weight is 316 g/mol. The topological polar surface area (TPSA) is 49.4 Å². The summed E-state index contributed by atoms with van der Waals surface area (Å²) in [4.78, 5) is 1.12. The Morgan fingerprint density at radius 2 is 1.95 bits per heavy atom. The number of hydrogen-bond donors (Lipinski definition) is 1. The number of nitrogens with zero attached hydrogens (tertiary/aromatic N) is 1. The first-order valence-corrected chi connectivity index (χ1v) is 9.49. The Kier molecular flexibility index (Phi) is 5.23. The Bertz CT molecular complexity index is 529. The van der Waals surface area contributed by atoms with Crippen LogP contribution in [0.25, 0.3) is 0 Å². The molecule has 1 aliphatic rings. The molecular formula is C14H24N2O2S2. The zero-order valence-electron chi connectivity index (χ0n) is 12.4. The summed E-state index contributed by atoms with van der Waals surface area (Å²) in [5.41, 5.74) is 0. The van der Waals surface area contributed by atoms with Gasteiger partial charge in [-0.1, -0.05) is 6.42 Å². The summed E-state index contributed by atoms with van der Waals surface area (Å²) in [6.07, 6.45) is 3.91.